The average molecular weight is 280 g/mol. The Balaban J connectivity index is 2.54. The Hall–Kier alpha value is -2.11. The van der Waals surface area contributed by atoms with E-state index < -0.39 is 11.7 Å². The average Bonchev–Trinajstić information content (AvgIpc) is 2.34. The molecule has 0 saturated carbocycles. The van der Waals surface area contributed by atoms with Gasteiger partial charge < -0.3 is 14.8 Å². The molecule has 0 aliphatic rings. The molecule has 1 rings (SSSR count). The third-order valence-corrected chi connectivity index (χ3v) is 2.14. The molecular weight excluding hydrogens is 260 g/mol. The van der Waals surface area contributed by atoms with E-state index in [1.54, 1.807) is 26.8 Å². The van der Waals surface area contributed by atoms with Gasteiger partial charge in [0.2, 0.25) is 0 Å². The van der Waals surface area contributed by atoms with E-state index in [1.807, 2.05) is 6.92 Å². The van der Waals surface area contributed by atoms with Gasteiger partial charge in [-0.15, -0.1) is 0 Å². The number of hydrogen-bond donors (Lipinski definition) is 1. The molecule has 0 bridgehead atoms. The summed E-state index contributed by atoms with van der Waals surface area (Å²) in [5.74, 6) is 0.264. The van der Waals surface area contributed by atoms with Crippen molar-refractivity contribution in [3.8, 4) is 5.75 Å². The zero-order valence-corrected chi connectivity index (χ0v) is 12.2. The zero-order chi connectivity index (χ0) is 15.2. The number of carbonyl (C=O) groups excluding carboxylic acids is 2. The van der Waals surface area contributed by atoms with E-state index in [0.717, 1.165) is 0 Å². The van der Waals surface area contributed by atoms with Gasteiger partial charge in [0.15, 0.2) is 5.78 Å². The minimum atomic E-state index is -0.625. The monoisotopic (exact) mass is 280 g/mol. The lowest BCUT2D eigenvalue weighted by molar-refractivity contribution is 0.0520. The number of hydrogen-bond acceptors (Lipinski definition) is 5. The highest BCUT2D eigenvalue weighted by atomic mass is 16.6. The Morgan fingerprint density at radius 1 is 1.30 bits per heavy atom. The van der Waals surface area contributed by atoms with Crippen molar-refractivity contribution in [3.05, 3.63) is 24.0 Å². The van der Waals surface area contributed by atoms with Crippen LogP contribution in [0.2, 0.25) is 0 Å². The second-order valence-electron chi connectivity index (χ2n) is 5.12. The molecule has 1 amide bonds. The zero-order valence-electron chi connectivity index (χ0n) is 12.2. The van der Waals surface area contributed by atoms with Gasteiger partial charge in [-0.05, 0) is 33.8 Å². The van der Waals surface area contributed by atoms with Gasteiger partial charge in [0.1, 0.15) is 11.4 Å². The summed E-state index contributed by atoms with van der Waals surface area (Å²) in [7, 11) is 0. The van der Waals surface area contributed by atoms with Gasteiger partial charge >= 0.3 is 6.09 Å². The molecule has 0 aliphatic heterocycles. The highest BCUT2D eigenvalue weighted by Gasteiger charge is 2.17. The van der Waals surface area contributed by atoms with Gasteiger partial charge in [-0.25, -0.2) is 4.79 Å². The first-order valence-electron chi connectivity index (χ1n) is 6.39. The fourth-order valence-corrected chi connectivity index (χ4v) is 1.39. The van der Waals surface area contributed by atoms with Crippen molar-refractivity contribution in [1.29, 1.82) is 0 Å². The molecule has 0 fully saturated rings. The Kier molecular flexibility index (Phi) is 5.49. The van der Waals surface area contributed by atoms with Crippen molar-refractivity contribution in [2.45, 2.75) is 33.3 Å². The molecule has 6 heteroatoms. The van der Waals surface area contributed by atoms with Gasteiger partial charge in [-0.1, -0.05) is 0 Å². The van der Waals surface area contributed by atoms with Crippen LogP contribution in [0.25, 0.3) is 0 Å². The topological polar surface area (TPSA) is 77.5 Å². The van der Waals surface area contributed by atoms with Crippen molar-refractivity contribution in [3.63, 3.8) is 0 Å². The number of amides is 1. The number of rotatable bonds is 5. The summed E-state index contributed by atoms with van der Waals surface area (Å²) < 4.78 is 10.3. The van der Waals surface area contributed by atoms with Crippen molar-refractivity contribution in [2.24, 2.45) is 0 Å². The minimum absolute atomic E-state index is 0.147. The molecule has 1 heterocycles. The molecule has 0 spiro atoms. The van der Waals surface area contributed by atoms with Crippen molar-refractivity contribution >= 4 is 11.9 Å². The first-order valence-corrected chi connectivity index (χ1v) is 6.39. The molecule has 0 saturated heterocycles. The SMILES string of the molecule is CCOc1cncc(C(=O)CNC(=O)OC(C)(C)C)c1. The second kappa shape index (κ2) is 6.88. The van der Waals surface area contributed by atoms with Crippen LogP contribution in [-0.2, 0) is 4.74 Å². The van der Waals surface area contributed by atoms with Crippen LogP contribution in [0.1, 0.15) is 38.1 Å². The van der Waals surface area contributed by atoms with Crippen molar-refractivity contribution < 1.29 is 19.1 Å². The highest BCUT2D eigenvalue weighted by Crippen LogP contribution is 2.11. The highest BCUT2D eigenvalue weighted by molar-refractivity contribution is 5.98. The van der Waals surface area contributed by atoms with E-state index in [0.29, 0.717) is 17.9 Å². The van der Waals surface area contributed by atoms with Crippen LogP contribution in [0.3, 0.4) is 0 Å². The third-order valence-electron chi connectivity index (χ3n) is 2.14. The number of ketones is 1. The molecule has 1 aromatic heterocycles. The number of pyridine rings is 1. The third kappa shape index (κ3) is 5.69. The normalized spacial score (nSPS) is 10.8. The summed E-state index contributed by atoms with van der Waals surface area (Å²) in [5.41, 5.74) is -0.212. The van der Waals surface area contributed by atoms with Crippen molar-refractivity contribution in [1.82, 2.24) is 10.3 Å². The summed E-state index contributed by atoms with van der Waals surface area (Å²) in [4.78, 5) is 27.3. The number of nitrogens with one attached hydrogen (secondary N) is 1. The molecule has 0 unspecified atom stereocenters. The predicted octanol–water partition coefficient (Wildman–Crippen LogP) is 2.19. The number of nitrogens with zero attached hydrogens (tertiary/aromatic N) is 1. The summed E-state index contributed by atoms with van der Waals surface area (Å²) >= 11 is 0. The predicted molar refractivity (Wildman–Crippen MR) is 74.0 cm³/mol. The van der Waals surface area contributed by atoms with E-state index in [2.05, 4.69) is 10.3 Å². The molecule has 1 N–H and O–H groups in total. The lowest BCUT2D eigenvalue weighted by Crippen LogP contribution is -2.35. The Morgan fingerprint density at radius 3 is 2.60 bits per heavy atom. The van der Waals surface area contributed by atoms with E-state index >= 15 is 0 Å². The van der Waals surface area contributed by atoms with Gasteiger partial charge in [-0.3, -0.25) is 9.78 Å². The molecule has 0 atom stereocenters. The second-order valence-corrected chi connectivity index (χ2v) is 5.12. The first-order chi connectivity index (χ1) is 9.31. The van der Waals surface area contributed by atoms with Gasteiger partial charge in [0.25, 0.3) is 0 Å². The van der Waals surface area contributed by atoms with Gasteiger partial charge in [0, 0.05) is 11.8 Å². The van der Waals surface area contributed by atoms with Crippen LogP contribution in [0, 0.1) is 0 Å². The minimum Gasteiger partial charge on any atom is -0.492 e. The van der Waals surface area contributed by atoms with Crippen LogP contribution in [0.4, 0.5) is 4.79 Å². The first kappa shape index (κ1) is 15.9. The Bertz CT molecular complexity index is 480. The van der Waals surface area contributed by atoms with Gasteiger partial charge in [0.05, 0.1) is 19.3 Å². The Morgan fingerprint density at radius 2 is 2.00 bits per heavy atom. The van der Waals surface area contributed by atoms with Crippen LogP contribution >= 0.6 is 0 Å². The maximum Gasteiger partial charge on any atom is 0.408 e. The molecule has 20 heavy (non-hydrogen) atoms. The number of Topliss-reactive ketones (excluding diaryl/α,β-unsaturated/α-hetero) is 1. The molecule has 110 valence electrons. The molecular formula is C14H20N2O4. The summed E-state index contributed by atoms with van der Waals surface area (Å²) in [6.45, 7) is 7.46. The molecule has 0 aromatic carbocycles. The molecule has 6 nitrogen and oxygen atoms in total. The van der Waals surface area contributed by atoms with E-state index in [1.165, 1.54) is 12.4 Å². The lowest BCUT2D eigenvalue weighted by Gasteiger charge is -2.19. The largest absolute Gasteiger partial charge is 0.492 e. The summed E-state index contributed by atoms with van der Waals surface area (Å²) in [5, 5.41) is 2.41. The number of ether oxygens (including phenoxy) is 2. The molecule has 1 aromatic rings. The van der Waals surface area contributed by atoms with Crippen LogP contribution in [-0.4, -0.2) is 35.6 Å². The maximum atomic E-state index is 11.9. The van der Waals surface area contributed by atoms with Crippen LogP contribution in [0.5, 0.6) is 5.75 Å². The number of carbonyl (C=O) groups is 2. The van der Waals surface area contributed by atoms with E-state index in [9.17, 15) is 9.59 Å². The fourth-order valence-electron chi connectivity index (χ4n) is 1.39. The van der Waals surface area contributed by atoms with Crippen LogP contribution in [0.15, 0.2) is 18.5 Å². The van der Waals surface area contributed by atoms with Crippen LogP contribution < -0.4 is 10.1 Å². The van der Waals surface area contributed by atoms with E-state index in [-0.39, 0.29) is 12.3 Å². The number of alkyl carbamates (subject to hydrolysis) is 1. The maximum absolute atomic E-state index is 11.9. The quantitative estimate of drug-likeness (QED) is 0.836. The number of aromatic nitrogens is 1. The summed E-state index contributed by atoms with van der Waals surface area (Å²) in [6, 6.07) is 1.59. The standard InChI is InChI=1S/C14H20N2O4/c1-5-19-11-6-10(7-15-8-11)12(17)9-16-13(18)20-14(2,3)4/h6-8H,5,9H2,1-4H3,(H,16,18). The smallest absolute Gasteiger partial charge is 0.408 e. The molecule has 0 aliphatic carbocycles. The van der Waals surface area contributed by atoms with Gasteiger partial charge in [-0.2, -0.15) is 0 Å². The summed E-state index contributed by atoms with van der Waals surface area (Å²) in [6.07, 6.45) is 2.34. The van der Waals surface area contributed by atoms with E-state index in [4.69, 9.17) is 9.47 Å². The lowest BCUT2D eigenvalue weighted by atomic mass is 10.2. The molecule has 0 radical (unpaired) electrons. The fraction of sp³-hybridized carbons (Fsp3) is 0.500. The van der Waals surface area contributed by atoms with Crippen molar-refractivity contribution in [2.75, 3.05) is 13.2 Å². The Labute approximate surface area is 118 Å².